The number of carbonyl (C=O) groups is 1. The fraction of sp³-hybridized carbons (Fsp3) is 0.643. The number of amides is 1. The van der Waals surface area contributed by atoms with Gasteiger partial charge in [0, 0.05) is 6.54 Å². The topological polar surface area (TPSA) is 79.9 Å². The number of hydrogen-bond acceptors (Lipinski definition) is 4. The van der Waals surface area contributed by atoms with Crippen molar-refractivity contribution in [1.29, 1.82) is 5.26 Å². The molecule has 1 amide bonds. The normalized spacial score (nSPS) is 11.2. The Morgan fingerprint density at radius 3 is 2.70 bits per heavy atom. The zero-order chi connectivity index (χ0) is 15.3. The molecule has 0 saturated carbocycles. The molecule has 6 heteroatoms. The highest BCUT2D eigenvalue weighted by Crippen LogP contribution is 2.17. The fourth-order valence-electron chi connectivity index (χ4n) is 1.55. The van der Waals surface area contributed by atoms with Gasteiger partial charge in [-0.15, -0.1) is 0 Å². The first-order valence-corrected chi connectivity index (χ1v) is 6.69. The van der Waals surface area contributed by atoms with Crippen molar-refractivity contribution in [1.82, 2.24) is 9.78 Å². The Balaban J connectivity index is 2.84. The summed E-state index contributed by atoms with van der Waals surface area (Å²) in [6.07, 6.45) is 1.78. The van der Waals surface area contributed by atoms with Gasteiger partial charge in [-0.2, -0.15) is 10.4 Å². The van der Waals surface area contributed by atoms with E-state index < -0.39 is 11.7 Å². The zero-order valence-electron chi connectivity index (χ0n) is 12.7. The van der Waals surface area contributed by atoms with Crippen LogP contribution in [-0.2, 0) is 11.3 Å². The minimum absolute atomic E-state index is 0.333. The first-order chi connectivity index (χ1) is 9.23. The minimum Gasteiger partial charge on any atom is -0.444 e. The molecule has 0 aromatic carbocycles. The lowest BCUT2D eigenvalue weighted by Crippen LogP contribution is -2.28. The van der Waals surface area contributed by atoms with E-state index >= 15 is 0 Å². The molecule has 6 nitrogen and oxygen atoms in total. The summed E-state index contributed by atoms with van der Waals surface area (Å²) in [5.74, 6) is 0.904. The van der Waals surface area contributed by atoms with Crippen molar-refractivity contribution in [2.24, 2.45) is 5.92 Å². The lowest BCUT2D eigenvalue weighted by molar-refractivity contribution is 0.0634. The number of hydrogen-bond donors (Lipinski definition) is 1. The van der Waals surface area contributed by atoms with Gasteiger partial charge in [0.25, 0.3) is 0 Å². The maximum Gasteiger partial charge on any atom is 0.413 e. The Hall–Kier alpha value is -2.03. The highest BCUT2D eigenvalue weighted by Gasteiger charge is 2.19. The van der Waals surface area contributed by atoms with Crippen molar-refractivity contribution in [3.8, 4) is 6.07 Å². The van der Waals surface area contributed by atoms with Crippen molar-refractivity contribution in [2.45, 2.75) is 53.2 Å². The van der Waals surface area contributed by atoms with Gasteiger partial charge in [-0.25, -0.2) is 9.48 Å². The zero-order valence-corrected chi connectivity index (χ0v) is 12.7. The summed E-state index contributed by atoms with van der Waals surface area (Å²) in [5.41, 5.74) is -0.251. The van der Waals surface area contributed by atoms with Crippen LogP contribution in [-0.4, -0.2) is 21.5 Å². The molecule has 0 atom stereocenters. The van der Waals surface area contributed by atoms with Crippen LogP contribution in [0.25, 0.3) is 0 Å². The van der Waals surface area contributed by atoms with Crippen LogP contribution in [0, 0.1) is 17.2 Å². The monoisotopic (exact) mass is 278 g/mol. The average molecular weight is 278 g/mol. The number of nitriles is 1. The number of nitrogens with one attached hydrogen (secondary N) is 1. The highest BCUT2D eigenvalue weighted by atomic mass is 16.6. The van der Waals surface area contributed by atoms with E-state index in [2.05, 4.69) is 24.3 Å². The molecular formula is C14H22N4O2. The van der Waals surface area contributed by atoms with Crippen molar-refractivity contribution in [2.75, 3.05) is 5.32 Å². The molecule has 110 valence electrons. The maximum atomic E-state index is 11.8. The standard InChI is InChI=1S/C14H22N4O2/c1-10(2)6-7-18-12(11(8-15)9-16-18)17-13(19)20-14(3,4)5/h9-10H,6-7H2,1-5H3,(H,17,19). The Labute approximate surface area is 119 Å². The summed E-state index contributed by atoms with van der Waals surface area (Å²) in [5, 5.41) is 15.8. The third kappa shape index (κ3) is 4.92. The summed E-state index contributed by atoms with van der Waals surface area (Å²) in [6.45, 7) is 10.2. The van der Waals surface area contributed by atoms with Gasteiger partial charge in [0.15, 0.2) is 5.82 Å². The minimum atomic E-state index is -0.584. The molecule has 1 N–H and O–H groups in total. The quantitative estimate of drug-likeness (QED) is 0.917. The molecule has 1 heterocycles. The molecule has 20 heavy (non-hydrogen) atoms. The SMILES string of the molecule is CC(C)CCn1ncc(C#N)c1NC(=O)OC(C)(C)C. The van der Waals surface area contributed by atoms with Gasteiger partial charge in [-0.05, 0) is 33.1 Å². The van der Waals surface area contributed by atoms with E-state index in [0.717, 1.165) is 6.42 Å². The van der Waals surface area contributed by atoms with Gasteiger partial charge in [0.2, 0.25) is 0 Å². The Morgan fingerprint density at radius 2 is 2.20 bits per heavy atom. The second kappa shape index (κ2) is 6.42. The summed E-state index contributed by atoms with van der Waals surface area (Å²) < 4.78 is 6.82. The number of rotatable bonds is 4. The van der Waals surface area contributed by atoms with Crippen LogP contribution in [0.5, 0.6) is 0 Å². The predicted octanol–water partition coefficient (Wildman–Crippen LogP) is 3.15. The fourth-order valence-corrected chi connectivity index (χ4v) is 1.55. The van der Waals surface area contributed by atoms with Crippen LogP contribution in [0.4, 0.5) is 10.6 Å². The molecule has 1 aromatic heterocycles. The second-order valence-corrected chi connectivity index (χ2v) is 6.05. The van der Waals surface area contributed by atoms with Crippen molar-refractivity contribution in [3.05, 3.63) is 11.8 Å². The molecule has 0 fully saturated rings. The smallest absolute Gasteiger partial charge is 0.413 e. The predicted molar refractivity (Wildman–Crippen MR) is 76.3 cm³/mol. The number of ether oxygens (including phenoxy) is 1. The number of aromatic nitrogens is 2. The van der Waals surface area contributed by atoms with Gasteiger partial charge in [-0.3, -0.25) is 5.32 Å². The van der Waals surface area contributed by atoms with Gasteiger partial charge in [-0.1, -0.05) is 13.8 Å². The molecular weight excluding hydrogens is 256 g/mol. The van der Waals surface area contributed by atoms with E-state index in [0.29, 0.717) is 23.8 Å². The second-order valence-electron chi connectivity index (χ2n) is 6.05. The van der Waals surface area contributed by atoms with Gasteiger partial charge >= 0.3 is 6.09 Å². The van der Waals surface area contributed by atoms with Crippen molar-refractivity contribution < 1.29 is 9.53 Å². The van der Waals surface area contributed by atoms with Crippen LogP contribution in [0.1, 0.15) is 46.6 Å². The molecule has 1 aromatic rings. The third-order valence-corrected chi connectivity index (χ3v) is 2.50. The summed E-state index contributed by atoms with van der Waals surface area (Å²) in [4.78, 5) is 11.8. The lowest BCUT2D eigenvalue weighted by atomic mass is 10.1. The van der Waals surface area contributed by atoms with Crippen molar-refractivity contribution >= 4 is 11.9 Å². The maximum absolute atomic E-state index is 11.8. The first-order valence-electron chi connectivity index (χ1n) is 6.69. The van der Waals surface area contributed by atoms with Crippen molar-refractivity contribution in [3.63, 3.8) is 0 Å². The molecule has 0 unspecified atom stereocenters. The first kappa shape index (κ1) is 16.0. The van der Waals surface area contributed by atoms with E-state index in [-0.39, 0.29) is 0 Å². The number of aryl methyl sites for hydroxylation is 1. The average Bonchev–Trinajstić information content (AvgIpc) is 2.66. The number of carbonyl (C=O) groups excluding carboxylic acids is 1. The summed E-state index contributed by atoms with van der Waals surface area (Å²) >= 11 is 0. The van der Waals surface area contributed by atoms with Crippen LogP contribution in [0.2, 0.25) is 0 Å². The summed E-state index contributed by atoms with van der Waals surface area (Å²) in [7, 11) is 0. The van der Waals surface area contributed by atoms with E-state index in [1.54, 1.807) is 25.5 Å². The number of nitrogens with zero attached hydrogens (tertiary/aromatic N) is 3. The van der Waals surface area contributed by atoms with E-state index in [1.807, 2.05) is 6.07 Å². The molecule has 0 aliphatic carbocycles. The lowest BCUT2D eigenvalue weighted by Gasteiger charge is -2.20. The van der Waals surface area contributed by atoms with Gasteiger partial charge in [0.1, 0.15) is 17.2 Å². The van der Waals surface area contributed by atoms with E-state index in [1.165, 1.54) is 6.20 Å². The molecule has 0 radical (unpaired) electrons. The van der Waals surface area contributed by atoms with E-state index in [9.17, 15) is 4.79 Å². The molecule has 0 aliphatic rings. The van der Waals surface area contributed by atoms with Crippen LogP contribution in [0.15, 0.2) is 6.20 Å². The summed E-state index contributed by atoms with van der Waals surface area (Å²) in [6, 6.07) is 2.02. The Bertz CT molecular complexity index is 506. The molecule has 0 spiro atoms. The number of anilines is 1. The van der Waals surface area contributed by atoms with Gasteiger partial charge < -0.3 is 4.74 Å². The molecule has 0 aliphatic heterocycles. The van der Waals surface area contributed by atoms with Crippen LogP contribution in [0.3, 0.4) is 0 Å². The van der Waals surface area contributed by atoms with Crippen LogP contribution >= 0.6 is 0 Å². The Kier molecular flexibility index (Phi) is 5.14. The molecule has 1 rings (SSSR count). The molecule has 0 bridgehead atoms. The van der Waals surface area contributed by atoms with E-state index in [4.69, 9.17) is 10.00 Å². The third-order valence-electron chi connectivity index (χ3n) is 2.50. The molecule has 0 saturated heterocycles. The van der Waals surface area contributed by atoms with Gasteiger partial charge in [0.05, 0.1) is 6.20 Å². The Morgan fingerprint density at radius 1 is 1.55 bits per heavy atom. The largest absolute Gasteiger partial charge is 0.444 e. The van der Waals surface area contributed by atoms with Crippen LogP contribution < -0.4 is 5.32 Å². The highest BCUT2D eigenvalue weighted by molar-refractivity contribution is 5.85.